The fraction of sp³-hybridized carbons (Fsp3) is 0.800. The summed E-state index contributed by atoms with van der Waals surface area (Å²) in [5.74, 6) is 1.95. The monoisotopic (exact) mass is 194 g/mol. The van der Waals surface area contributed by atoms with Crippen LogP contribution in [-0.2, 0) is 13.0 Å². The fourth-order valence-electron chi connectivity index (χ4n) is 2.05. The van der Waals surface area contributed by atoms with Crippen molar-refractivity contribution >= 4 is 0 Å². The molecular weight excluding hydrogens is 176 g/mol. The number of piperidine rings is 1. The number of hydrogen-bond donors (Lipinski definition) is 1. The maximum absolute atomic E-state index is 4.31. The van der Waals surface area contributed by atoms with Crippen molar-refractivity contribution in [1.82, 2.24) is 20.1 Å². The molecule has 1 aromatic rings. The third kappa shape index (κ3) is 2.12. The van der Waals surface area contributed by atoms with Crippen molar-refractivity contribution in [2.24, 2.45) is 5.92 Å². The van der Waals surface area contributed by atoms with Crippen molar-refractivity contribution in [3.05, 3.63) is 12.2 Å². The smallest absolute Gasteiger partial charge is 0.138 e. The fourth-order valence-corrected chi connectivity index (χ4v) is 2.05. The van der Waals surface area contributed by atoms with Crippen LogP contribution >= 0.6 is 0 Å². The van der Waals surface area contributed by atoms with Crippen molar-refractivity contribution in [2.75, 3.05) is 13.1 Å². The second-order valence-electron chi connectivity index (χ2n) is 3.89. The van der Waals surface area contributed by atoms with E-state index in [0.717, 1.165) is 37.8 Å². The number of nitrogens with one attached hydrogen (secondary N) is 1. The molecule has 0 spiro atoms. The van der Waals surface area contributed by atoms with Gasteiger partial charge in [-0.05, 0) is 38.8 Å². The highest BCUT2D eigenvalue weighted by atomic mass is 15.3. The number of hydrogen-bond acceptors (Lipinski definition) is 3. The van der Waals surface area contributed by atoms with Crippen LogP contribution in [0.5, 0.6) is 0 Å². The summed E-state index contributed by atoms with van der Waals surface area (Å²) in [5, 5.41) is 7.57. The second kappa shape index (κ2) is 4.55. The molecule has 1 fully saturated rings. The van der Waals surface area contributed by atoms with E-state index in [1.165, 1.54) is 12.8 Å². The summed E-state index contributed by atoms with van der Waals surface area (Å²) in [5.41, 5.74) is 0. The molecule has 0 bridgehead atoms. The summed E-state index contributed by atoms with van der Waals surface area (Å²) in [6, 6.07) is 0. The summed E-state index contributed by atoms with van der Waals surface area (Å²) >= 11 is 0. The van der Waals surface area contributed by atoms with Gasteiger partial charge in [0.15, 0.2) is 0 Å². The molecule has 0 atom stereocenters. The molecule has 1 aliphatic rings. The van der Waals surface area contributed by atoms with Crippen molar-refractivity contribution in [3.63, 3.8) is 0 Å². The van der Waals surface area contributed by atoms with Gasteiger partial charge in [0.25, 0.3) is 0 Å². The Morgan fingerprint density at radius 3 is 3.00 bits per heavy atom. The molecule has 1 aliphatic heterocycles. The molecule has 2 rings (SSSR count). The largest absolute Gasteiger partial charge is 0.317 e. The lowest BCUT2D eigenvalue weighted by molar-refractivity contribution is 0.361. The third-order valence-corrected chi connectivity index (χ3v) is 2.93. The van der Waals surface area contributed by atoms with Gasteiger partial charge in [0.1, 0.15) is 12.2 Å². The first kappa shape index (κ1) is 9.65. The lowest BCUT2D eigenvalue weighted by atomic mass is 9.94. The first-order chi connectivity index (χ1) is 6.90. The number of aryl methyl sites for hydroxylation is 1. The molecule has 78 valence electrons. The van der Waals surface area contributed by atoms with Gasteiger partial charge in [-0.25, -0.2) is 4.98 Å². The lowest BCUT2D eigenvalue weighted by Crippen LogP contribution is -2.29. The van der Waals surface area contributed by atoms with E-state index in [1.54, 1.807) is 6.33 Å². The Morgan fingerprint density at radius 2 is 2.29 bits per heavy atom. The number of aromatic nitrogens is 3. The minimum atomic E-state index is 0.797. The van der Waals surface area contributed by atoms with E-state index in [9.17, 15) is 0 Å². The Bertz CT molecular complexity index is 275. The molecule has 0 unspecified atom stereocenters. The maximum atomic E-state index is 4.31. The molecule has 4 nitrogen and oxygen atoms in total. The van der Waals surface area contributed by atoms with E-state index in [2.05, 4.69) is 22.3 Å². The van der Waals surface area contributed by atoms with Crippen LogP contribution < -0.4 is 5.32 Å². The second-order valence-corrected chi connectivity index (χ2v) is 3.89. The minimum Gasteiger partial charge on any atom is -0.317 e. The highest BCUT2D eigenvalue weighted by Gasteiger charge is 2.15. The van der Waals surface area contributed by atoms with Crippen molar-refractivity contribution < 1.29 is 0 Å². The molecule has 1 aromatic heterocycles. The van der Waals surface area contributed by atoms with Crippen LogP contribution in [0, 0.1) is 5.92 Å². The molecule has 0 aromatic carbocycles. The third-order valence-electron chi connectivity index (χ3n) is 2.93. The molecule has 0 amide bonds. The Morgan fingerprint density at radius 1 is 1.50 bits per heavy atom. The lowest BCUT2D eigenvalue weighted by Gasteiger charge is -2.21. The number of nitrogens with zero attached hydrogens (tertiary/aromatic N) is 3. The van der Waals surface area contributed by atoms with Gasteiger partial charge in [-0.3, -0.25) is 4.68 Å². The van der Waals surface area contributed by atoms with E-state index >= 15 is 0 Å². The zero-order valence-corrected chi connectivity index (χ0v) is 8.74. The summed E-state index contributed by atoms with van der Waals surface area (Å²) in [6.07, 6.45) is 5.31. The van der Waals surface area contributed by atoms with Gasteiger partial charge in [0, 0.05) is 13.0 Å². The van der Waals surface area contributed by atoms with Crippen LogP contribution in [-0.4, -0.2) is 27.9 Å². The zero-order chi connectivity index (χ0) is 9.80. The average molecular weight is 194 g/mol. The summed E-state index contributed by atoms with van der Waals surface area (Å²) in [6.45, 7) is 5.36. The highest BCUT2D eigenvalue weighted by molar-refractivity contribution is 4.88. The normalized spacial score (nSPS) is 18.6. The Labute approximate surface area is 84.7 Å². The molecule has 1 N–H and O–H groups in total. The molecule has 0 aliphatic carbocycles. The summed E-state index contributed by atoms with van der Waals surface area (Å²) < 4.78 is 2.00. The summed E-state index contributed by atoms with van der Waals surface area (Å²) in [7, 11) is 0. The first-order valence-corrected chi connectivity index (χ1v) is 5.47. The van der Waals surface area contributed by atoms with Gasteiger partial charge in [-0.1, -0.05) is 0 Å². The SMILES string of the molecule is CCn1ncnc1CC1CCNCC1. The van der Waals surface area contributed by atoms with Crippen molar-refractivity contribution in [2.45, 2.75) is 32.7 Å². The van der Waals surface area contributed by atoms with Crippen LogP contribution in [0.25, 0.3) is 0 Å². The molecule has 0 saturated carbocycles. The van der Waals surface area contributed by atoms with Gasteiger partial charge < -0.3 is 5.32 Å². The van der Waals surface area contributed by atoms with Gasteiger partial charge in [0.05, 0.1) is 0 Å². The Kier molecular flexibility index (Phi) is 3.14. The molecule has 0 radical (unpaired) electrons. The Balaban J connectivity index is 1.95. The first-order valence-electron chi connectivity index (χ1n) is 5.47. The number of rotatable bonds is 3. The van der Waals surface area contributed by atoms with E-state index < -0.39 is 0 Å². The van der Waals surface area contributed by atoms with Crippen LogP contribution in [0.15, 0.2) is 6.33 Å². The van der Waals surface area contributed by atoms with Gasteiger partial charge in [-0.15, -0.1) is 0 Å². The average Bonchev–Trinajstić information content (AvgIpc) is 2.67. The molecule has 4 heteroatoms. The van der Waals surface area contributed by atoms with Crippen LogP contribution in [0.4, 0.5) is 0 Å². The predicted octanol–water partition coefficient (Wildman–Crippen LogP) is 0.840. The summed E-state index contributed by atoms with van der Waals surface area (Å²) in [4.78, 5) is 4.31. The van der Waals surface area contributed by atoms with Gasteiger partial charge in [-0.2, -0.15) is 5.10 Å². The minimum absolute atomic E-state index is 0.797. The van der Waals surface area contributed by atoms with Gasteiger partial charge in [0.2, 0.25) is 0 Å². The van der Waals surface area contributed by atoms with Crippen LogP contribution in [0.3, 0.4) is 0 Å². The Hall–Kier alpha value is -0.900. The van der Waals surface area contributed by atoms with E-state index in [4.69, 9.17) is 0 Å². The van der Waals surface area contributed by atoms with E-state index in [1.807, 2.05) is 4.68 Å². The molecule has 1 saturated heterocycles. The molecular formula is C10H18N4. The van der Waals surface area contributed by atoms with E-state index in [0.29, 0.717) is 0 Å². The van der Waals surface area contributed by atoms with Crippen molar-refractivity contribution in [3.8, 4) is 0 Å². The zero-order valence-electron chi connectivity index (χ0n) is 8.74. The van der Waals surface area contributed by atoms with Gasteiger partial charge >= 0.3 is 0 Å². The van der Waals surface area contributed by atoms with Crippen LogP contribution in [0.1, 0.15) is 25.6 Å². The topological polar surface area (TPSA) is 42.7 Å². The highest BCUT2D eigenvalue weighted by Crippen LogP contribution is 2.16. The van der Waals surface area contributed by atoms with Crippen LogP contribution in [0.2, 0.25) is 0 Å². The molecule has 2 heterocycles. The molecule has 14 heavy (non-hydrogen) atoms. The quantitative estimate of drug-likeness (QED) is 0.775. The standard InChI is InChI=1S/C10H18N4/c1-2-14-10(12-8-13-14)7-9-3-5-11-6-4-9/h8-9,11H,2-7H2,1H3. The van der Waals surface area contributed by atoms with Crippen molar-refractivity contribution in [1.29, 1.82) is 0 Å². The maximum Gasteiger partial charge on any atom is 0.138 e. The predicted molar refractivity (Wildman–Crippen MR) is 55.0 cm³/mol. The van der Waals surface area contributed by atoms with E-state index in [-0.39, 0.29) is 0 Å².